The summed E-state index contributed by atoms with van der Waals surface area (Å²) in [5.41, 5.74) is 20.1. The Labute approximate surface area is 357 Å². The first-order valence-corrected chi connectivity index (χ1v) is 21.1. The van der Waals surface area contributed by atoms with Gasteiger partial charge in [-0.25, -0.2) is 9.97 Å². The lowest BCUT2D eigenvalue weighted by atomic mass is 9.79. The molecule has 61 heavy (non-hydrogen) atoms. The van der Waals surface area contributed by atoms with Crippen molar-refractivity contribution in [3.05, 3.63) is 230 Å². The zero-order chi connectivity index (χ0) is 40.9. The molecule has 9 aromatic carbocycles. The van der Waals surface area contributed by atoms with Crippen LogP contribution in [0.1, 0.15) is 25.0 Å². The second-order valence-corrected chi connectivity index (χ2v) is 16.5. The van der Waals surface area contributed by atoms with Crippen molar-refractivity contribution in [2.45, 2.75) is 19.3 Å². The van der Waals surface area contributed by atoms with Crippen molar-refractivity contribution in [1.82, 2.24) is 9.97 Å². The average Bonchev–Trinajstić information content (AvgIpc) is 3.57. The van der Waals surface area contributed by atoms with E-state index in [1.165, 1.54) is 72.1 Å². The third kappa shape index (κ3) is 6.45. The number of nitrogens with zero attached hydrogens (tertiary/aromatic N) is 2. The van der Waals surface area contributed by atoms with Crippen LogP contribution >= 0.6 is 0 Å². The van der Waals surface area contributed by atoms with Crippen molar-refractivity contribution in [2.75, 3.05) is 0 Å². The van der Waals surface area contributed by atoms with Crippen LogP contribution in [-0.4, -0.2) is 9.97 Å². The first-order chi connectivity index (χ1) is 30.0. The summed E-state index contributed by atoms with van der Waals surface area (Å²) in [5.74, 6) is 0.708. The van der Waals surface area contributed by atoms with E-state index in [1.54, 1.807) is 0 Å². The lowest BCUT2D eigenvalue weighted by Gasteiger charge is -2.24. The Hall–Kier alpha value is -7.68. The summed E-state index contributed by atoms with van der Waals surface area (Å²) in [4.78, 5) is 10.3. The van der Waals surface area contributed by atoms with Crippen LogP contribution in [-0.2, 0) is 5.41 Å². The normalized spacial score (nSPS) is 12.6. The van der Waals surface area contributed by atoms with Crippen LogP contribution in [0.4, 0.5) is 0 Å². The Morgan fingerprint density at radius 2 is 0.738 bits per heavy atom. The minimum atomic E-state index is -0.0574. The number of aromatic nitrogens is 2. The standard InChI is InChI=1S/C59H42N2/c1-59(2)54-23-12-11-20-51(54)53-22-13-21-48(57(53)59)44-32-26-42(27-33-44)41-24-30-43(31-25-41)47-36-37-52(50-19-10-9-18-49(47)50)56-38-55(60-58(61-56)46-16-7-4-8-17-46)45-34-28-40(29-35-45)39-14-5-3-6-15-39/h3-38H,1-2H3. The van der Waals surface area contributed by atoms with Gasteiger partial charge in [0.05, 0.1) is 11.4 Å². The van der Waals surface area contributed by atoms with Crippen LogP contribution in [0.25, 0.3) is 100 Å². The largest absolute Gasteiger partial charge is 0.228 e. The minimum absolute atomic E-state index is 0.0574. The molecule has 0 amide bonds. The third-order valence-electron chi connectivity index (χ3n) is 12.6. The van der Waals surface area contributed by atoms with E-state index in [9.17, 15) is 0 Å². The predicted octanol–water partition coefficient (Wildman–Crippen LogP) is 15.6. The van der Waals surface area contributed by atoms with Crippen LogP contribution < -0.4 is 0 Å². The fourth-order valence-electron chi connectivity index (χ4n) is 9.46. The molecular weight excluding hydrogens is 737 g/mol. The van der Waals surface area contributed by atoms with Crippen LogP contribution in [0.2, 0.25) is 0 Å². The van der Waals surface area contributed by atoms with E-state index in [-0.39, 0.29) is 5.41 Å². The minimum Gasteiger partial charge on any atom is -0.228 e. The maximum absolute atomic E-state index is 5.21. The average molecular weight is 779 g/mol. The summed E-state index contributed by atoms with van der Waals surface area (Å²) in [5, 5.41) is 2.34. The fraction of sp³-hybridized carbons (Fsp3) is 0.0508. The molecule has 288 valence electrons. The molecule has 2 nitrogen and oxygen atoms in total. The molecule has 11 rings (SSSR count). The molecule has 0 saturated heterocycles. The van der Waals surface area contributed by atoms with Gasteiger partial charge in [0.25, 0.3) is 0 Å². The van der Waals surface area contributed by atoms with E-state index in [0.29, 0.717) is 5.82 Å². The van der Waals surface area contributed by atoms with Gasteiger partial charge in [-0.3, -0.25) is 0 Å². The second kappa shape index (κ2) is 14.9. The van der Waals surface area contributed by atoms with Gasteiger partial charge in [0.15, 0.2) is 5.82 Å². The molecule has 0 radical (unpaired) electrons. The molecule has 1 aromatic heterocycles. The summed E-state index contributed by atoms with van der Waals surface area (Å²) in [6.07, 6.45) is 0. The Balaban J connectivity index is 0.921. The first kappa shape index (κ1) is 36.4. The molecule has 0 bridgehead atoms. The zero-order valence-corrected chi connectivity index (χ0v) is 34.2. The molecule has 0 unspecified atom stereocenters. The molecule has 0 fully saturated rings. The highest BCUT2D eigenvalue weighted by Gasteiger charge is 2.37. The Kier molecular flexibility index (Phi) is 8.86. The maximum atomic E-state index is 5.21. The number of fused-ring (bicyclic) bond motifs is 4. The van der Waals surface area contributed by atoms with Crippen LogP contribution in [0.3, 0.4) is 0 Å². The van der Waals surface area contributed by atoms with E-state index in [0.717, 1.165) is 33.5 Å². The molecule has 0 atom stereocenters. The molecule has 0 saturated carbocycles. The molecule has 2 heteroatoms. The number of benzene rings is 9. The van der Waals surface area contributed by atoms with Crippen molar-refractivity contribution < 1.29 is 0 Å². The van der Waals surface area contributed by atoms with Crippen LogP contribution in [0, 0.1) is 0 Å². The lowest BCUT2D eigenvalue weighted by Crippen LogP contribution is -2.16. The van der Waals surface area contributed by atoms with Gasteiger partial charge in [-0.05, 0) is 83.6 Å². The van der Waals surface area contributed by atoms with Crippen molar-refractivity contribution in [3.63, 3.8) is 0 Å². The summed E-state index contributed by atoms with van der Waals surface area (Å²) in [6.45, 7) is 4.71. The number of rotatable bonds is 7. The van der Waals surface area contributed by atoms with Gasteiger partial charge in [0.1, 0.15) is 0 Å². The summed E-state index contributed by atoms with van der Waals surface area (Å²) in [6, 6.07) is 78.4. The van der Waals surface area contributed by atoms with E-state index in [1.807, 2.05) is 24.3 Å². The Bertz CT molecular complexity index is 3220. The number of hydrogen-bond donors (Lipinski definition) is 0. The molecule has 1 aliphatic rings. The van der Waals surface area contributed by atoms with Gasteiger partial charge in [0.2, 0.25) is 0 Å². The van der Waals surface area contributed by atoms with Crippen molar-refractivity contribution >= 4 is 10.8 Å². The topological polar surface area (TPSA) is 25.8 Å². The van der Waals surface area contributed by atoms with E-state index in [2.05, 4.69) is 208 Å². The number of hydrogen-bond acceptors (Lipinski definition) is 2. The van der Waals surface area contributed by atoms with Gasteiger partial charge >= 0.3 is 0 Å². The summed E-state index contributed by atoms with van der Waals surface area (Å²) in [7, 11) is 0. The monoisotopic (exact) mass is 778 g/mol. The maximum Gasteiger partial charge on any atom is 0.160 e. The highest BCUT2D eigenvalue weighted by Crippen LogP contribution is 2.52. The van der Waals surface area contributed by atoms with Gasteiger partial charge in [0, 0.05) is 22.1 Å². The Morgan fingerprint density at radius 3 is 1.39 bits per heavy atom. The molecule has 1 aliphatic carbocycles. The molecule has 1 heterocycles. The fourth-order valence-corrected chi connectivity index (χ4v) is 9.46. The van der Waals surface area contributed by atoms with E-state index >= 15 is 0 Å². The molecule has 0 aliphatic heterocycles. The van der Waals surface area contributed by atoms with Crippen molar-refractivity contribution in [3.8, 4) is 89.5 Å². The first-order valence-electron chi connectivity index (χ1n) is 21.1. The van der Waals surface area contributed by atoms with E-state index in [4.69, 9.17) is 9.97 Å². The summed E-state index contributed by atoms with van der Waals surface area (Å²) >= 11 is 0. The quantitative estimate of drug-likeness (QED) is 0.161. The zero-order valence-electron chi connectivity index (χ0n) is 34.2. The van der Waals surface area contributed by atoms with Gasteiger partial charge in [-0.1, -0.05) is 226 Å². The van der Waals surface area contributed by atoms with Gasteiger partial charge in [-0.15, -0.1) is 0 Å². The smallest absolute Gasteiger partial charge is 0.160 e. The lowest BCUT2D eigenvalue weighted by molar-refractivity contribution is 0.662. The SMILES string of the molecule is CC1(C)c2ccccc2-c2cccc(-c3ccc(-c4ccc(-c5ccc(-c6cc(-c7ccc(-c8ccccc8)cc7)nc(-c7ccccc7)n6)c6ccccc56)cc4)cc3)c21. The molecule has 0 spiro atoms. The van der Waals surface area contributed by atoms with Gasteiger partial charge < -0.3 is 0 Å². The van der Waals surface area contributed by atoms with Crippen LogP contribution in [0.15, 0.2) is 218 Å². The molecular formula is C59H42N2. The molecule has 0 N–H and O–H groups in total. The second-order valence-electron chi connectivity index (χ2n) is 16.5. The summed E-state index contributed by atoms with van der Waals surface area (Å²) < 4.78 is 0. The predicted molar refractivity (Wildman–Crippen MR) is 255 cm³/mol. The van der Waals surface area contributed by atoms with Gasteiger partial charge in [-0.2, -0.15) is 0 Å². The van der Waals surface area contributed by atoms with Crippen molar-refractivity contribution in [2.24, 2.45) is 0 Å². The van der Waals surface area contributed by atoms with Crippen LogP contribution in [0.5, 0.6) is 0 Å². The Morgan fingerprint density at radius 1 is 0.295 bits per heavy atom. The highest BCUT2D eigenvalue weighted by molar-refractivity contribution is 6.05. The van der Waals surface area contributed by atoms with Crippen molar-refractivity contribution in [1.29, 1.82) is 0 Å². The highest BCUT2D eigenvalue weighted by atomic mass is 14.9. The van der Waals surface area contributed by atoms with E-state index < -0.39 is 0 Å². The third-order valence-corrected chi connectivity index (χ3v) is 12.6. The molecule has 10 aromatic rings.